The van der Waals surface area contributed by atoms with Crippen LogP contribution in [0.15, 0.2) is 72.1 Å². The van der Waals surface area contributed by atoms with Crippen LogP contribution in [0.3, 0.4) is 0 Å². The van der Waals surface area contributed by atoms with Gasteiger partial charge in [0, 0.05) is 24.5 Å². The lowest BCUT2D eigenvalue weighted by Gasteiger charge is -2.31. The van der Waals surface area contributed by atoms with Crippen LogP contribution in [0.4, 0.5) is 0 Å². The van der Waals surface area contributed by atoms with E-state index in [4.69, 9.17) is 18.9 Å². The van der Waals surface area contributed by atoms with Crippen molar-refractivity contribution in [1.29, 1.82) is 0 Å². The number of benzene rings is 2. The molecule has 3 rings (SSSR count). The minimum Gasteiger partial charge on any atom is -0.497 e. The minimum absolute atomic E-state index is 0.316. The molecule has 1 heterocycles. The van der Waals surface area contributed by atoms with Crippen molar-refractivity contribution in [3.63, 3.8) is 0 Å². The number of nitrogens with zero attached hydrogens (tertiary/aromatic N) is 1. The van der Waals surface area contributed by atoms with E-state index in [1.165, 1.54) is 14.2 Å². The Balaban J connectivity index is 2.08. The van der Waals surface area contributed by atoms with E-state index in [2.05, 4.69) is 0 Å². The van der Waals surface area contributed by atoms with Gasteiger partial charge in [-0.05, 0) is 30.7 Å². The number of hydrogen-bond donors (Lipinski definition) is 0. The average molecular weight is 437 g/mol. The molecule has 0 radical (unpaired) electrons. The van der Waals surface area contributed by atoms with Crippen LogP contribution in [0.2, 0.25) is 0 Å². The molecule has 0 saturated heterocycles. The van der Waals surface area contributed by atoms with Gasteiger partial charge in [-0.15, -0.1) is 0 Å². The molecule has 0 unspecified atom stereocenters. The van der Waals surface area contributed by atoms with Crippen molar-refractivity contribution in [2.45, 2.75) is 19.4 Å². The first kappa shape index (κ1) is 22.9. The van der Waals surface area contributed by atoms with Crippen molar-refractivity contribution in [3.05, 3.63) is 83.2 Å². The topological polar surface area (TPSA) is 74.3 Å². The number of ether oxygens (including phenoxy) is 4. The third-order valence-corrected chi connectivity index (χ3v) is 5.13. The third kappa shape index (κ3) is 4.94. The first-order valence-corrected chi connectivity index (χ1v) is 10.2. The molecule has 0 amide bonds. The van der Waals surface area contributed by atoms with Crippen LogP contribution in [0.5, 0.6) is 11.5 Å². The Kier molecular flexibility index (Phi) is 7.54. The maximum absolute atomic E-state index is 12.8. The highest BCUT2D eigenvalue weighted by Gasteiger charge is 2.36. The number of hydrogen-bond acceptors (Lipinski definition) is 7. The number of methoxy groups -OCH3 is 3. The van der Waals surface area contributed by atoms with Crippen LogP contribution in [-0.2, 0) is 25.6 Å². The summed E-state index contributed by atoms with van der Waals surface area (Å²) < 4.78 is 21.1. The predicted octanol–water partition coefficient (Wildman–Crippen LogP) is 3.81. The molecule has 2 aromatic carbocycles. The highest BCUT2D eigenvalue weighted by molar-refractivity contribution is 5.98. The smallest absolute Gasteiger partial charge is 0.336 e. The van der Waals surface area contributed by atoms with Gasteiger partial charge >= 0.3 is 11.9 Å². The summed E-state index contributed by atoms with van der Waals surface area (Å²) in [7, 11) is 4.24. The Bertz CT molecular complexity index is 991. The Morgan fingerprint density at radius 1 is 0.875 bits per heavy atom. The maximum atomic E-state index is 12.8. The molecule has 0 N–H and O–H groups in total. The SMILES string of the molecule is CCOc1ccccc1C1C(C(=O)OC)=CN(Cc2ccc(OC)cc2)C=C1C(=O)OC. The van der Waals surface area contributed by atoms with E-state index in [-0.39, 0.29) is 0 Å². The van der Waals surface area contributed by atoms with Gasteiger partial charge in [-0.1, -0.05) is 30.3 Å². The van der Waals surface area contributed by atoms with Gasteiger partial charge in [-0.2, -0.15) is 0 Å². The molecular weight excluding hydrogens is 410 g/mol. The first-order chi connectivity index (χ1) is 15.5. The van der Waals surface area contributed by atoms with Crippen LogP contribution >= 0.6 is 0 Å². The molecule has 0 saturated carbocycles. The molecule has 2 aromatic rings. The quantitative estimate of drug-likeness (QED) is 0.582. The lowest BCUT2D eigenvalue weighted by atomic mass is 9.82. The summed E-state index contributed by atoms with van der Waals surface area (Å²) in [5.74, 6) is -0.416. The van der Waals surface area contributed by atoms with Gasteiger partial charge in [0.2, 0.25) is 0 Å². The van der Waals surface area contributed by atoms with Crippen LogP contribution in [0.25, 0.3) is 0 Å². The molecule has 32 heavy (non-hydrogen) atoms. The van der Waals surface area contributed by atoms with Crippen molar-refractivity contribution >= 4 is 11.9 Å². The highest BCUT2D eigenvalue weighted by atomic mass is 16.5. The second-order valence-electron chi connectivity index (χ2n) is 7.08. The summed E-state index contributed by atoms with van der Waals surface area (Å²) in [6.45, 7) is 2.76. The van der Waals surface area contributed by atoms with Gasteiger partial charge in [-0.25, -0.2) is 9.59 Å². The van der Waals surface area contributed by atoms with Gasteiger partial charge in [0.25, 0.3) is 0 Å². The Morgan fingerprint density at radius 2 is 1.47 bits per heavy atom. The zero-order valence-corrected chi connectivity index (χ0v) is 18.7. The van der Waals surface area contributed by atoms with E-state index in [1.807, 2.05) is 55.5 Å². The fourth-order valence-corrected chi connectivity index (χ4v) is 3.66. The number of carbonyl (C=O) groups excluding carboxylic acids is 2. The van der Waals surface area contributed by atoms with E-state index in [1.54, 1.807) is 24.4 Å². The molecule has 1 aliphatic heterocycles. The largest absolute Gasteiger partial charge is 0.497 e. The van der Waals surface area contributed by atoms with Gasteiger partial charge in [0.15, 0.2) is 0 Å². The Labute approximate surface area is 187 Å². The summed E-state index contributed by atoms with van der Waals surface area (Å²) in [4.78, 5) is 27.4. The summed E-state index contributed by atoms with van der Waals surface area (Å²) in [5, 5.41) is 0. The number of esters is 2. The molecule has 168 valence electrons. The molecule has 1 aliphatic rings. The molecule has 0 aliphatic carbocycles. The molecule has 0 fully saturated rings. The number of carbonyl (C=O) groups is 2. The standard InChI is InChI=1S/C25H27NO6/c1-5-32-22-9-7-6-8-19(22)23-20(24(27)30-3)15-26(16-21(23)25(28)31-4)14-17-10-12-18(29-2)13-11-17/h6-13,15-16,23H,5,14H2,1-4H3. The molecular formula is C25H27NO6. The monoisotopic (exact) mass is 437 g/mol. The van der Waals surface area contributed by atoms with Gasteiger partial charge in [0.05, 0.1) is 45.0 Å². The number of rotatable bonds is 8. The third-order valence-electron chi connectivity index (χ3n) is 5.13. The second-order valence-corrected chi connectivity index (χ2v) is 7.08. The summed E-state index contributed by atoms with van der Waals surface area (Å²) in [5.41, 5.74) is 2.29. The van der Waals surface area contributed by atoms with Gasteiger partial charge in [0.1, 0.15) is 11.5 Å². The van der Waals surface area contributed by atoms with Crippen LogP contribution < -0.4 is 9.47 Å². The summed E-state index contributed by atoms with van der Waals surface area (Å²) in [6, 6.07) is 14.9. The lowest BCUT2D eigenvalue weighted by Crippen LogP contribution is -2.29. The maximum Gasteiger partial charge on any atom is 0.336 e. The summed E-state index contributed by atoms with van der Waals surface area (Å²) >= 11 is 0. The average Bonchev–Trinajstić information content (AvgIpc) is 2.83. The van der Waals surface area contributed by atoms with Gasteiger partial charge < -0.3 is 23.8 Å². The van der Waals surface area contributed by atoms with Crippen LogP contribution in [-0.4, -0.2) is 44.8 Å². The fraction of sp³-hybridized carbons (Fsp3) is 0.280. The van der Waals surface area contributed by atoms with E-state index in [0.717, 1.165) is 11.3 Å². The van der Waals surface area contributed by atoms with Crippen molar-refractivity contribution < 1.29 is 28.5 Å². The predicted molar refractivity (Wildman–Crippen MR) is 119 cm³/mol. The van der Waals surface area contributed by atoms with E-state index >= 15 is 0 Å². The van der Waals surface area contributed by atoms with E-state index < -0.39 is 17.9 Å². The minimum atomic E-state index is -0.690. The normalized spacial score (nSPS) is 13.7. The molecule has 0 aromatic heterocycles. The van der Waals surface area contributed by atoms with E-state index in [0.29, 0.717) is 35.6 Å². The van der Waals surface area contributed by atoms with Crippen LogP contribution in [0, 0.1) is 0 Å². The second kappa shape index (κ2) is 10.5. The molecule has 0 spiro atoms. The molecule has 7 nitrogen and oxygen atoms in total. The van der Waals surface area contributed by atoms with E-state index in [9.17, 15) is 9.59 Å². The molecule has 0 bridgehead atoms. The van der Waals surface area contributed by atoms with Crippen LogP contribution in [0.1, 0.15) is 24.0 Å². The zero-order valence-electron chi connectivity index (χ0n) is 18.7. The van der Waals surface area contributed by atoms with Crippen molar-refractivity contribution in [2.24, 2.45) is 0 Å². The fourth-order valence-electron chi connectivity index (χ4n) is 3.66. The zero-order chi connectivity index (χ0) is 23.1. The Morgan fingerprint density at radius 3 is 2.00 bits per heavy atom. The first-order valence-electron chi connectivity index (χ1n) is 10.2. The summed E-state index contributed by atoms with van der Waals surface area (Å²) in [6.07, 6.45) is 3.41. The number of para-hydroxylation sites is 1. The molecule has 0 atom stereocenters. The van der Waals surface area contributed by atoms with Gasteiger partial charge in [-0.3, -0.25) is 0 Å². The molecule has 7 heteroatoms. The van der Waals surface area contributed by atoms with Crippen molar-refractivity contribution in [2.75, 3.05) is 27.9 Å². The Hall–Kier alpha value is -3.74. The highest BCUT2D eigenvalue weighted by Crippen LogP contribution is 2.41. The lowest BCUT2D eigenvalue weighted by molar-refractivity contribution is -0.137. The van der Waals surface area contributed by atoms with Crippen molar-refractivity contribution in [3.8, 4) is 11.5 Å². The van der Waals surface area contributed by atoms with Crippen molar-refractivity contribution in [1.82, 2.24) is 4.90 Å².